The SMILES string of the molecule is CCN(Cc1ccc(OC)c(OC)c1)C(=O)c1c(C)oc2ncn(C)c(=O)c12. The molecule has 0 atom stereocenters. The Balaban J connectivity index is 1.99. The normalized spacial score (nSPS) is 10.9. The molecule has 0 saturated carbocycles. The molecule has 0 radical (unpaired) electrons. The number of fused-ring (bicyclic) bond motifs is 1. The number of hydrogen-bond acceptors (Lipinski definition) is 6. The second-order valence-electron chi connectivity index (χ2n) is 6.38. The predicted molar refractivity (Wildman–Crippen MR) is 104 cm³/mol. The minimum absolute atomic E-state index is 0.172. The third kappa shape index (κ3) is 3.33. The first-order chi connectivity index (χ1) is 13.4. The van der Waals surface area contributed by atoms with Crippen molar-refractivity contribution >= 4 is 17.0 Å². The van der Waals surface area contributed by atoms with Gasteiger partial charge in [0.05, 0.1) is 19.8 Å². The highest BCUT2D eigenvalue weighted by atomic mass is 16.5. The Kier molecular flexibility index (Phi) is 5.39. The first kappa shape index (κ1) is 19.5. The van der Waals surface area contributed by atoms with Crippen LogP contribution in [0, 0.1) is 6.92 Å². The summed E-state index contributed by atoms with van der Waals surface area (Å²) in [6.45, 7) is 4.35. The third-order valence-electron chi connectivity index (χ3n) is 4.65. The van der Waals surface area contributed by atoms with Crippen molar-refractivity contribution in [1.29, 1.82) is 0 Å². The summed E-state index contributed by atoms with van der Waals surface area (Å²) in [4.78, 5) is 31.6. The van der Waals surface area contributed by atoms with Gasteiger partial charge in [-0.3, -0.25) is 9.59 Å². The minimum atomic E-state index is -0.313. The number of furan rings is 1. The van der Waals surface area contributed by atoms with Crippen molar-refractivity contribution in [2.75, 3.05) is 20.8 Å². The van der Waals surface area contributed by atoms with Gasteiger partial charge < -0.3 is 23.4 Å². The molecule has 28 heavy (non-hydrogen) atoms. The molecule has 0 aliphatic rings. The smallest absolute Gasteiger partial charge is 0.265 e. The molecule has 0 bridgehead atoms. The zero-order valence-electron chi connectivity index (χ0n) is 16.6. The standard InChI is InChI=1S/C20H23N3O5/c1-6-23(10-13-7-8-14(26-4)15(9-13)27-5)20(25)16-12(2)28-18-17(16)19(24)22(3)11-21-18/h7-9,11H,6,10H2,1-5H3. The van der Waals surface area contributed by atoms with Gasteiger partial charge in [-0.05, 0) is 31.5 Å². The van der Waals surface area contributed by atoms with Gasteiger partial charge in [-0.2, -0.15) is 0 Å². The fraction of sp³-hybridized carbons (Fsp3) is 0.350. The highest BCUT2D eigenvalue weighted by Crippen LogP contribution is 2.29. The van der Waals surface area contributed by atoms with Crippen LogP contribution < -0.4 is 15.0 Å². The van der Waals surface area contributed by atoms with Crippen molar-refractivity contribution in [2.24, 2.45) is 7.05 Å². The Morgan fingerprint density at radius 2 is 1.96 bits per heavy atom. The molecule has 0 spiro atoms. The maximum atomic E-state index is 13.3. The lowest BCUT2D eigenvalue weighted by Gasteiger charge is -2.21. The molecule has 8 heteroatoms. The van der Waals surface area contributed by atoms with Crippen LogP contribution in [-0.2, 0) is 13.6 Å². The Morgan fingerprint density at radius 1 is 1.25 bits per heavy atom. The van der Waals surface area contributed by atoms with Gasteiger partial charge in [0.15, 0.2) is 11.5 Å². The van der Waals surface area contributed by atoms with Crippen LogP contribution in [0.5, 0.6) is 11.5 Å². The van der Waals surface area contributed by atoms with Crippen LogP contribution in [0.4, 0.5) is 0 Å². The van der Waals surface area contributed by atoms with Crippen LogP contribution in [-0.4, -0.2) is 41.1 Å². The van der Waals surface area contributed by atoms with E-state index in [-0.39, 0.29) is 28.1 Å². The Morgan fingerprint density at radius 3 is 2.61 bits per heavy atom. The molecular weight excluding hydrogens is 362 g/mol. The van der Waals surface area contributed by atoms with E-state index < -0.39 is 0 Å². The zero-order valence-corrected chi connectivity index (χ0v) is 16.6. The van der Waals surface area contributed by atoms with Gasteiger partial charge in [-0.15, -0.1) is 0 Å². The van der Waals surface area contributed by atoms with E-state index >= 15 is 0 Å². The number of aromatic nitrogens is 2. The number of methoxy groups -OCH3 is 2. The molecular formula is C20H23N3O5. The first-order valence-corrected chi connectivity index (χ1v) is 8.86. The summed E-state index contributed by atoms with van der Waals surface area (Å²) in [6.07, 6.45) is 1.38. The van der Waals surface area contributed by atoms with E-state index in [1.165, 1.54) is 10.9 Å². The number of carbonyl (C=O) groups excluding carboxylic acids is 1. The summed E-state index contributed by atoms with van der Waals surface area (Å²) in [6, 6.07) is 5.50. The lowest BCUT2D eigenvalue weighted by Crippen LogP contribution is -2.31. The second kappa shape index (κ2) is 7.75. The average Bonchev–Trinajstić information content (AvgIpc) is 3.04. The Labute approximate surface area is 162 Å². The number of ether oxygens (including phenoxy) is 2. The Hall–Kier alpha value is -3.29. The van der Waals surface area contributed by atoms with Gasteiger partial charge in [-0.25, -0.2) is 4.98 Å². The maximum Gasteiger partial charge on any atom is 0.265 e. The van der Waals surface area contributed by atoms with E-state index in [9.17, 15) is 9.59 Å². The van der Waals surface area contributed by atoms with E-state index in [0.717, 1.165) is 5.56 Å². The highest BCUT2D eigenvalue weighted by molar-refractivity contribution is 6.06. The number of amides is 1. The number of rotatable bonds is 6. The summed E-state index contributed by atoms with van der Waals surface area (Å²) in [7, 11) is 4.72. The van der Waals surface area contributed by atoms with Gasteiger partial charge >= 0.3 is 0 Å². The maximum absolute atomic E-state index is 13.3. The summed E-state index contributed by atoms with van der Waals surface area (Å²) in [5.41, 5.74) is 0.994. The summed E-state index contributed by atoms with van der Waals surface area (Å²) in [5, 5.41) is 0.207. The van der Waals surface area contributed by atoms with Crippen LogP contribution in [0.3, 0.4) is 0 Å². The molecule has 2 aromatic heterocycles. The van der Waals surface area contributed by atoms with Crippen molar-refractivity contribution < 1.29 is 18.7 Å². The van der Waals surface area contributed by atoms with Crippen molar-refractivity contribution in [2.45, 2.75) is 20.4 Å². The molecule has 1 aromatic carbocycles. The zero-order chi connectivity index (χ0) is 20.4. The van der Waals surface area contributed by atoms with Gasteiger partial charge in [-0.1, -0.05) is 6.07 Å². The number of nitrogens with zero attached hydrogens (tertiary/aromatic N) is 3. The third-order valence-corrected chi connectivity index (χ3v) is 4.65. The summed E-state index contributed by atoms with van der Waals surface area (Å²) >= 11 is 0. The number of hydrogen-bond donors (Lipinski definition) is 0. The minimum Gasteiger partial charge on any atom is -0.493 e. The first-order valence-electron chi connectivity index (χ1n) is 8.86. The van der Waals surface area contributed by atoms with Crippen molar-refractivity contribution in [1.82, 2.24) is 14.5 Å². The molecule has 0 aliphatic carbocycles. The molecule has 0 fully saturated rings. The second-order valence-corrected chi connectivity index (χ2v) is 6.38. The molecule has 2 heterocycles. The lowest BCUT2D eigenvalue weighted by molar-refractivity contribution is 0.0752. The van der Waals surface area contributed by atoms with Gasteiger partial charge in [0.2, 0.25) is 5.71 Å². The average molecular weight is 385 g/mol. The highest BCUT2D eigenvalue weighted by Gasteiger charge is 2.26. The topological polar surface area (TPSA) is 86.8 Å². The van der Waals surface area contributed by atoms with Crippen LogP contribution in [0.2, 0.25) is 0 Å². The molecule has 148 valence electrons. The fourth-order valence-electron chi connectivity index (χ4n) is 3.13. The van der Waals surface area contributed by atoms with Gasteiger partial charge in [0.1, 0.15) is 17.5 Å². The van der Waals surface area contributed by atoms with E-state index in [1.54, 1.807) is 39.2 Å². The molecule has 0 aliphatic heterocycles. The van der Waals surface area contributed by atoms with Crippen LogP contribution >= 0.6 is 0 Å². The molecule has 0 saturated heterocycles. The van der Waals surface area contributed by atoms with E-state index in [2.05, 4.69) is 4.98 Å². The quantitative estimate of drug-likeness (QED) is 0.648. The van der Waals surface area contributed by atoms with Crippen molar-refractivity contribution in [3.63, 3.8) is 0 Å². The van der Waals surface area contributed by atoms with Gasteiger partial charge in [0, 0.05) is 20.1 Å². The molecule has 0 N–H and O–H groups in total. The van der Waals surface area contributed by atoms with Crippen LogP contribution in [0.25, 0.3) is 11.1 Å². The van der Waals surface area contributed by atoms with Crippen molar-refractivity contribution in [3.8, 4) is 11.5 Å². The number of aryl methyl sites for hydroxylation is 2. The molecule has 0 unspecified atom stereocenters. The monoisotopic (exact) mass is 385 g/mol. The van der Waals surface area contributed by atoms with E-state index in [0.29, 0.717) is 30.3 Å². The molecule has 3 rings (SSSR count). The van der Waals surface area contributed by atoms with E-state index in [4.69, 9.17) is 13.9 Å². The fourth-order valence-corrected chi connectivity index (χ4v) is 3.13. The Bertz CT molecular complexity index is 1080. The van der Waals surface area contributed by atoms with E-state index in [1.807, 2.05) is 19.1 Å². The summed E-state index contributed by atoms with van der Waals surface area (Å²) < 4.78 is 17.5. The molecule has 8 nitrogen and oxygen atoms in total. The number of carbonyl (C=O) groups is 1. The molecule has 1 amide bonds. The van der Waals surface area contributed by atoms with Gasteiger partial charge in [0.25, 0.3) is 11.5 Å². The van der Waals surface area contributed by atoms with Crippen LogP contribution in [0.15, 0.2) is 33.7 Å². The van der Waals surface area contributed by atoms with Crippen molar-refractivity contribution in [3.05, 3.63) is 51.8 Å². The summed E-state index contributed by atoms with van der Waals surface area (Å²) in [5.74, 6) is 1.30. The predicted octanol–water partition coefficient (Wildman–Crippen LogP) is 2.51. The molecule has 3 aromatic rings. The largest absolute Gasteiger partial charge is 0.493 e. The van der Waals surface area contributed by atoms with Crippen LogP contribution in [0.1, 0.15) is 28.6 Å². The number of benzene rings is 1. The lowest BCUT2D eigenvalue weighted by atomic mass is 10.1.